The van der Waals surface area contributed by atoms with Crippen molar-refractivity contribution in [1.29, 1.82) is 0 Å². The minimum Gasteiger partial charge on any atom is -0.468 e. The lowest BCUT2D eigenvalue weighted by atomic mass is 10.4. The second-order valence-electron chi connectivity index (χ2n) is 3.48. The van der Waals surface area contributed by atoms with Gasteiger partial charge in [0.25, 0.3) is 0 Å². The molecule has 0 aliphatic rings. The second kappa shape index (κ2) is 4.79. The average Bonchev–Trinajstić information content (AvgIpc) is 2.84. The summed E-state index contributed by atoms with van der Waals surface area (Å²) < 4.78 is 7.14. The van der Waals surface area contributed by atoms with Gasteiger partial charge in [-0.15, -0.1) is 0 Å². The highest BCUT2D eigenvalue weighted by atomic mass is 16.3. The molecule has 2 aromatic rings. The van der Waals surface area contributed by atoms with Crippen LogP contribution in [0.25, 0.3) is 0 Å². The molecule has 80 valence electrons. The van der Waals surface area contributed by atoms with Gasteiger partial charge in [0.05, 0.1) is 25.0 Å². The van der Waals surface area contributed by atoms with E-state index in [1.165, 1.54) is 0 Å². The van der Waals surface area contributed by atoms with Gasteiger partial charge >= 0.3 is 0 Å². The fourth-order valence-corrected chi connectivity index (χ4v) is 1.41. The Hall–Kier alpha value is -1.55. The number of hydrogen-bond donors (Lipinski definition) is 1. The molecule has 2 heterocycles. The monoisotopic (exact) mass is 205 g/mol. The van der Waals surface area contributed by atoms with Crippen molar-refractivity contribution in [1.82, 2.24) is 15.1 Å². The molecule has 2 rings (SSSR count). The number of rotatable bonds is 5. The van der Waals surface area contributed by atoms with Crippen molar-refractivity contribution in [3.63, 3.8) is 0 Å². The molecule has 0 aliphatic carbocycles. The molecule has 0 atom stereocenters. The summed E-state index contributed by atoms with van der Waals surface area (Å²) in [5.74, 6) is 0.964. The van der Waals surface area contributed by atoms with Gasteiger partial charge in [-0.2, -0.15) is 5.10 Å². The molecular weight excluding hydrogens is 190 g/mol. The number of hydrogen-bond acceptors (Lipinski definition) is 3. The number of nitrogens with zero attached hydrogens (tertiary/aromatic N) is 2. The van der Waals surface area contributed by atoms with E-state index in [9.17, 15) is 0 Å². The fourth-order valence-electron chi connectivity index (χ4n) is 1.41. The lowest BCUT2D eigenvalue weighted by Gasteiger charge is -2.02. The van der Waals surface area contributed by atoms with Crippen molar-refractivity contribution >= 4 is 0 Å². The van der Waals surface area contributed by atoms with Gasteiger partial charge in [0.1, 0.15) is 5.76 Å². The van der Waals surface area contributed by atoms with Crippen molar-refractivity contribution in [2.24, 2.45) is 0 Å². The van der Waals surface area contributed by atoms with Gasteiger partial charge < -0.3 is 9.73 Å². The smallest absolute Gasteiger partial charge is 0.117 e. The molecule has 2 aromatic heterocycles. The number of aromatic nitrogens is 2. The van der Waals surface area contributed by atoms with E-state index < -0.39 is 0 Å². The topological polar surface area (TPSA) is 43.0 Å². The van der Waals surface area contributed by atoms with E-state index in [0.717, 1.165) is 31.1 Å². The first kappa shape index (κ1) is 9.98. The average molecular weight is 205 g/mol. The third kappa shape index (κ3) is 2.95. The lowest BCUT2D eigenvalue weighted by molar-refractivity contribution is 0.469. The Labute approximate surface area is 88.9 Å². The van der Waals surface area contributed by atoms with Gasteiger partial charge in [0, 0.05) is 12.7 Å². The zero-order chi connectivity index (χ0) is 10.5. The standard InChI is InChI=1S/C11H15N3O/c1-10-4-6-14(13-10)7-5-12-9-11-3-2-8-15-11/h2-4,6,8,12H,5,7,9H2,1H3. The molecule has 0 amide bonds. The summed E-state index contributed by atoms with van der Waals surface area (Å²) >= 11 is 0. The number of furan rings is 1. The van der Waals surface area contributed by atoms with E-state index in [1.54, 1.807) is 6.26 Å². The van der Waals surface area contributed by atoms with Crippen molar-refractivity contribution in [2.75, 3.05) is 6.54 Å². The van der Waals surface area contributed by atoms with Crippen molar-refractivity contribution < 1.29 is 4.42 Å². The molecular formula is C11H15N3O. The van der Waals surface area contributed by atoms with E-state index in [1.807, 2.05) is 36.0 Å². The maximum absolute atomic E-state index is 5.20. The molecule has 0 saturated carbocycles. The van der Waals surface area contributed by atoms with Gasteiger partial charge in [0.2, 0.25) is 0 Å². The van der Waals surface area contributed by atoms with Crippen LogP contribution >= 0.6 is 0 Å². The third-order valence-corrected chi connectivity index (χ3v) is 2.17. The summed E-state index contributed by atoms with van der Waals surface area (Å²) in [5, 5.41) is 7.59. The summed E-state index contributed by atoms with van der Waals surface area (Å²) in [5.41, 5.74) is 1.06. The highest BCUT2D eigenvalue weighted by Gasteiger charge is 1.95. The zero-order valence-electron chi connectivity index (χ0n) is 8.81. The van der Waals surface area contributed by atoms with E-state index in [2.05, 4.69) is 10.4 Å². The Balaban J connectivity index is 1.67. The molecule has 0 aromatic carbocycles. The summed E-state index contributed by atoms with van der Waals surface area (Å²) in [6, 6.07) is 5.87. The first-order chi connectivity index (χ1) is 7.34. The van der Waals surface area contributed by atoms with Gasteiger partial charge in [-0.3, -0.25) is 4.68 Å². The molecule has 0 saturated heterocycles. The second-order valence-corrected chi connectivity index (χ2v) is 3.48. The van der Waals surface area contributed by atoms with E-state index >= 15 is 0 Å². The summed E-state index contributed by atoms with van der Waals surface area (Å²) in [6.07, 6.45) is 3.68. The van der Waals surface area contributed by atoms with Crippen molar-refractivity contribution in [3.8, 4) is 0 Å². The summed E-state index contributed by atoms with van der Waals surface area (Å²) in [4.78, 5) is 0. The number of nitrogens with one attached hydrogen (secondary N) is 1. The Morgan fingerprint density at radius 1 is 1.47 bits per heavy atom. The van der Waals surface area contributed by atoms with Crippen molar-refractivity contribution in [2.45, 2.75) is 20.0 Å². The van der Waals surface area contributed by atoms with Crippen LogP contribution in [0.5, 0.6) is 0 Å². The van der Waals surface area contributed by atoms with Crippen LogP contribution in [0.2, 0.25) is 0 Å². The number of aryl methyl sites for hydroxylation is 1. The first-order valence-corrected chi connectivity index (χ1v) is 5.08. The van der Waals surface area contributed by atoms with Crippen LogP contribution in [0.4, 0.5) is 0 Å². The zero-order valence-corrected chi connectivity index (χ0v) is 8.81. The van der Waals surface area contributed by atoms with E-state index in [4.69, 9.17) is 4.42 Å². The van der Waals surface area contributed by atoms with Crippen LogP contribution in [0.1, 0.15) is 11.5 Å². The van der Waals surface area contributed by atoms with E-state index in [-0.39, 0.29) is 0 Å². The van der Waals surface area contributed by atoms with Gasteiger partial charge in [-0.25, -0.2) is 0 Å². The maximum atomic E-state index is 5.20. The Kier molecular flexibility index (Phi) is 3.19. The molecule has 0 spiro atoms. The predicted octanol–water partition coefficient (Wildman–Crippen LogP) is 1.57. The van der Waals surface area contributed by atoms with Crippen LogP contribution in [0.3, 0.4) is 0 Å². The minimum absolute atomic E-state index is 0.771. The summed E-state index contributed by atoms with van der Waals surface area (Å²) in [6.45, 7) is 4.54. The lowest BCUT2D eigenvalue weighted by Crippen LogP contribution is -2.19. The normalized spacial score (nSPS) is 10.7. The Bertz CT molecular complexity index is 392. The van der Waals surface area contributed by atoms with Gasteiger partial charge in [-0.1, -0.05) is 0 Å². The Morgan fingerprint density at radius 2 is 2.40 bits per heavy atom. The minimum atomic E-state index is 0.771. The highest BCUT2D eigenvalue weighted by molar-refractivity contribution is 4.97. The Morgan fingerprint density at radius 3 is 3.07 bits per heavy atom. The van der Waals surface area contributed by atoms with Crippen LogP contribution in [-0.4, -0.2) is 16.3 Å². The molecule has 1 N–H and O–H groups in total. The van der Waals surface area contributed by atoms with Gasteiger partial charge in [-0.05, 0) is 25.1 Å². The van der Waals surface area contributed by atoms with Crippen LogP contribution in [0, 0.1) is 6.92 Å². The molecule has 0 aliphatic heterocycles. The van der Waals surface area contributed by atoms with Crippen LogP contribution in [0.15, 0.2) is 35.1 Å². The van der Waals surface area contributed by atoms with Crippen LogP contribution < -0.4 is 5.32 Å². The van der Waals surface area contributed by atoms with E-state index in [0.29, 0.717) is 0 Å². The molecule has 0 unspecified atom stereocenters. The third-order valence-electron chi connectivity index (χ3n) is 2.17. The fraction of sp³-hybridized carbons (Fsp3) is 0.364. The molecule has 4 heteroatoms. The molecule has 0 radical (unpaired) electrons. The van der Waals surface area contributed by atoms with Crippen LogP contribution in [-0.2, 0) is 13.1 Å². The quantitative estimate of drug-likeness (QED) is 0.753. The SMILES string of the molecule is Cc1ccn(CCNCc2ccco2)n1. The molecule has 4 nitrogen and oxygen atoms in total. The molecule has 0 bridgehead atoms. The highest BCUT2D eigenvalue weighted by Crippen LogP contribution is 1.98. The van der Waals surface area contributed by atoms with Crippen molar-refractivity contribution in [3.05, 3.63) is 42.1 Å². The first-order valence-electron chi connectivity index (χ1n) is 5.08. The molecule has 0 fully saturated rings. The predicted molar refractivity (Wildman–Crippen MR) is 57.4 cm³/mol. The largest absolute Gasteiger partial charge is 0.468 e. The van der Waals surface area contributed by atoms with Gasteiger partial charge in [0.15, 0.2) is 0 Å². The molecule has 15 heavy (non-hydrogen) atoms. The maximum Gasteiger partial charge on any atom is 0.117 e. The summed E-state index contributed by atoms with van der Waals surface area (Å²) in [7, 11) is 0.